The van der Waals surface area contributed by atoms with Gasteiger partial charge in [0.2, 0.25) is 5.91 Å². The fourth-order valence-corrected chi connectivity index (χ4v) is 6.49. The Morgan fingerprint density at radius 1 is 1.25 bits per heavy atom. The van der Waals surface area contributed by atoms with E-state index in [1.165, 1.54) is 35.3 Å². The number of hydrogen-bond acceptors (Lipinski definition) is 7. The summed E-state index contributed by atoms with van der Waals surface area (Å²) >= 11 is 2.32. The van der Waals surface area contributed by atoms with Crippen molar-refractivity contribution in [3.63, 3.8) is 0 Å². The molecule has 0 bridgehead atoms. The Morgan fingerprint density at radius 3 is 2.62 bits per heavy atom. The van der Waals surface area contributed by atoms with Gasteiger partial charge in [-0.15, -0.1) is 23.1 Å². The van der Waals surface area contributed by atoms with Crippen molar-refractivity contribution in [1.29, 1.82) is 0 Å². The summed E-state index contributed by atoms with van der Waals surface area (Å²) in [7, 11) is -4.40. The van der Waals surface area contributed by atoms with Crippen LogP contribution < -0.4 is 9.88 Å². The number of aromatic carboxylic acids is 1. The van der Waals surface area contributed by atoms with Crippen LogP contribution in [-0.4, -0.2) is 57.9 Å². The highest BCUT2D eigenvalue weighted by Crippen LogP contribution is 2.36. The molecule has 0 spiro atoms. The van der Waals surface area contributed by atoms with Crippen molar-refractivity contribution >= 4 is 51.0 Å². The Balaban J connectivity index is 1.36. The summed E-state index contributed by atoms with van der Waals surface area (Å²) in [5.41, 5.74) is 1.34. The zero-order valence-corrected chi connectivity index (χ0v) is 18.8. The second kappa shape index (κ2) is 8.65. The number of carbonyl (C=O) groups is 3. The van der Waals surface area contributed by atoms with Gasteiger partial charge in [-0.3, -0.25) is 14.1 Å². The lowest BCUT2D eigenvalue weighted by Crippen LogP contribution is -2.68. The van der Waals surface area contributed by atoms with Crippen LogP contribution in [0, 0.1) is 0 Å². The molecule has 2 aliphatic heterocycles. The van der Waals surface area contributed by atoms with Gasteiger partial charge in [0, 0.05) is 29.7 Å². The molecular formula is C19H18N3O7S3+. The van der Waals surface area contributed by atoms with E-state index in [1.54, 1.807) is 23.5 Å². The number of rotatable bonds is 7. The van der Waals surface area contributed by atoms with Gasteiger partial charge in [0.1, 0.15) is 11.4 Å². The minimum Gasteiger partial charge on any atom is -0.478 e. The van der Waals surface area contributed by atoms with Crippen molar-refractivity contribution < 1.29 is 37.0 Å². The van der Waals surface area contributed by atoms with E-state index in [-0.39, 0.29) is 33.0 Å². The number of nitrogens with one attached hydrogen (secondary N) is 1. The summed E-state index contributed by atoms with van der Waals surface area (Å²) in [4.78, 5) is 37.4. The predicted molar refractivity (Wildman–Crippen MR) is 115 cm³/mol. The largest absolute Gasteiger partial charge is 0.478 e. The lowest BCUT2D eigenvalue weighted by molar-refractivity contribution is -0.689. The van der Waals surface area contributed by atoms with Gasteiger partial charge in [0.25, 0.3) is 5.91 Å². The number of amides is 2. The smallest absolute Gasteiger partial charge is 0.336 e. The van der Waals surface area contributed by atoms with E-state index in [1.807, 2.05) is 4.57 Å². The number of carbonyl (C=O) groups excluding carboxylic acids is 2. The SMILES string of the molecule is O=C(Cc1ccsc1S(=O)(=O)O)NC1C(=O)N2C=C(C[n+]3ccc(C(=O)O)cc3)CS[C@H]12. The second-order valence-electron chi connectivity index (χ2n) is 7.23. The average Bonchev–Trinajstić information content (AvgIpc) is 3.21. The Bertz CT molecular complexity index is 1220. The van der Waals surface area contributed by atoms with Gasteiger partial charge in [-0.05, 0) is 17.0 Å². The summed E-state index contributed by atoms with van der Waals surface area (Å²) < 4.78 is 33.5. The van der Waals surface area contributed by atoms with Crippen LogP contribution in [-0.2, 0) is 32.7 Å². The van der Waals surface area contributed by atoms with Crippen LogP contribution in [0.2, 0.25) is 0 Å². The van der Waals surface area contributed by atoms with Crippen LogP contribution in [0.3, 0.4) is 0 Å². The van der Waals surface area contributed by atoms with E-state index in [4.69, 9.17) is 5.11 Å². The molecule has 32 heavy (non-hydrogen) atoms. The summed E-state index contributed by atoms with van der Waals surface area (Å²) in [6.45, 7) is 0.497. The molecule has 0 radical (unpaired) electrons. The van der Waals surface area contributed by atoms with Crippen LogP contribution in [0.5, 0.6) is 0 Å². The summed E-state index contributed by atoms with van der Waals surface area (Å²) in [5, 5.41) is 12.8. The minimum atomic E-state index is -4.40. The van der Waals surface area contributed by atoms with Gasteiger partial charge in [-0.25, -0.2) is 9.36 Å². The molecule has 0 saturated carbocycles. The van der Waals surface area contributed by atoms with E-state index < -0.39 is 28.0 Å². The van der Waals surface area contributed by atoms with Crippen molar-refractivity contribution in [2.75, 3.05) is 5.75 Å². The van der Waals surface area contributed by atoms with E-state index >= 15 is 0 Å². The number of carboxylic acids is 1. The lowest BCUT2D eigenvalue weighted by Gasteiger charge is -2.47. The first-order valence-electron chi connectivity index (χ1n) is 9.32. The molecule has 2 atom stereocenters. The maximum Gasteiger partial charge on any atom is 0.336 e. The van der Waals surface area contributed by atoms with Crippen LogP contribution in [0.1, 0.15) is 15.9 Å². The van der Waals surface area contributed by atoms with Crippen LogP contribution in [0.25, 0.3) is 0 Å². The average molecular weight is 497 g/mol. The number of fused-ring (bicyclic) bond motifs is 1. The molecule has 4 heterocycles. The molecule has 1 fully saturated rings. The first kappa shape index (κ1) is 22.5. The molecule has 3 N–H and O–H groups in total. The van der Waals surface area contributed by atoms with Crippen molar-refractivity contribution in [2.24, 2.45) is 0 Å². The predicted octanol–water partition coefficient (Wildman–Crippen LogP) is 0.507. The number of aromatic nitrogens is 1. The third kappa shape index (κ3) is 4.55. The lowest BCUT2D eigenvalue weighted by atomic mass is 10.1. The molecule has 2 aliphatic rings. The van der Waals surface area contributed by atoms with Gasteiger partial charge in [0.05, 0.1) is 12.0 Å². The normalized spacial score (nSPS) is 20.2. The van der Waals surface area contributed by atoms with Gasteiger partial charge < -0.3 is 15.3 Å². The third-order valence-electron chi connectivity index (χ3n) is 4.97. The first-order chi connectivity index (χ1) is 15.1. The van der Waals surface area contributed by atoms with E-state index in [0.717, 1.165) is 16.9 Å². The van der Waals surface area contributed by atoms with E-state index in [9.17, 15) is 27.4 Å². The summed E-state index contributed by atoms with van der Waals surface area (Å²) in [6.07, 6.45) is 4.81. The zero-order chi connectivity index (χ0) is 23.0. The van der Waals surface area contributed by atoms with Gasteiger partial charge in [-0.2, -0.15) is 8.42 Å². The molecule has 2 aromatic rings. The van der Waals surface area contributed by atoms with Crippen LogP contribution >= 0.6 is 23.1 Å². The maximum atomic E-state index is 12.5. The van der Waals surface area contributed by atoms with E-state index in [2.05, 4.69) is 5.32 Å². The fraction of sp³-hybridized carbons (Fsp3) is 0.263. The Morgan fingerprint density at radius 2 is 1.97 bits per heavy atom. The molecule has 0 aliphatic carbocycles. The van der Waals surface area contributed by atoms with Crippen molar-refractivity contribution in [1.82, 2.24) is 10.2 Å². The number of thioether (sulfide) groups is 1. The minimum absolute atomic E-state index is 0.183. The fourth-order valence-electron chi connectivity index (χ4n) is 3.46. The summed E-state index contributed by atoms with van der Waals surface area (Å²) in [6, 6.07) is 3.75. The Kier molecular flexibility index (Phi) is 6.07. The number of pyridine rings is 1. The molecule has 13 heteroatoms. The number of hydrogen-bond donors (Lipinski definition) is 3. The molecule has 2 amide bonds. The topological polar surface area (TPSA) is 145 Å². The number of nitrogens with zero attached hydrogens (tertiary/aromatic N) is 2. The van der Waals surface area contributed by atoms with Gasteiger partial charge in [0.15, 0.2) is 23.1 Å². The second-order valence-corrected chi connectivity index (χ2v) is 10.9. The molecule has 4 rings (SSSR count). The molecule has 168 valence electrons. The monoisotopic (exact) mass is 496 g/mol. The quantitative estimate of drug-likeness (QED) is 0.286. The van der Waals surface area contributed by atoms with Gasteiger partial charge in [-0.1, -0.05) is 0 Å². The first-order valence-corrected chi connectivity index (χ1v) is 12.7. The van der Waals surface area contributed by atoms with Crippen LogP contribution in [0.4, 0.5) is 0 Å². The molecule has 10 nitrogen and oxygen atoms in total. The van der Waals surface area contributed by atoms with Crippen molar-refractivity contribution in [3.05, 3.63) is 58.9 Å². The standard InChI is InChI=1S/C19H17N3O7S3/c23-14(7-13-3-6-30-19(13)32(27,28)29)20-15-16(24)22-9-11(10-31-17(15)22)8-21-4-1-12(2-5-21)18(25)26/h1-6,9,15,17H,7-8,10H2,(H2-,20,23,25,26,27,28,29)/p+1/t15?,17-/m1/s1. The van der Waals surface area contributed by atoms with Crippen molar-refractivity contribution in [2.45, 2.75) is 28.6 Å². The summed E-state index contributed by atoms with van der Waals surface area (Å²) in [5.74, 6) is -1.14. The highest BCUT2D eigenvalue weighted by Gasteiger charge is 2.49. The van der Waals surface area contributed by atoms with Gasteiger partial charge >= 0.3 is 16.1 Å². The Hall–Kier alpha value is -2.74. The van der Waals surface area contributed by atoms with E-state index in [0.29, 0.717) is 12.3 Å². The number of carboxylic acid groups (broad SMARTS) is 1. The highest BCUT2D eigenvalue weighted by molar-refractivity contribution is 8.00. The third-order valence-corrected chi connectivity index (χ3v) is 8.75. The maximum absolute atomic E-state index is 12.5. The Labute approximate surface area is 191 Å². The molecule has 1 unspecified atom stereocenters. The zero-order valence-electron chi connectivity index (χ0n) is 16.4. The van der Waals surface area contributed by atoms with Crippen LogP contribution in [0.15, 0.2) is 52.0 Å². The van der Waals surface area contributed by atoms with Crippen molar-refractivity contribution in [3.8, 4) is 0 Å². The molecular weight excluding hydrogens is 478 g/mol. The highest BCUT2D eigenvalue weighted by atomic mass is 32.3. The molecule has 1 saturated heterocycles. The molecule has 2 aromatic heterocycles. The molecule has 0 aromatic carbocycles. The number of thiophene rings is 1. The number of β-lactam (4-membered cyclic amide) rings is 1.